The molecule has 1 fully saturated rings. The predicted molar refractivity (Wildman–Crippen MR) is 83.7 cm³/mol. The highest BCUT2D eigenvalue weighted by atomic mass is 35.5. The largest absolute Gasteiger partial charge is 0.319 e. The highest BCUT2D eigenvalue weighted by Gasteiger charge is 2.34. The molecule has 112 valence electrons. The molecule has 2 rings (SSSR count). The zero-order chi connectivity index (χ0) is 14.8. The summed E-state index contributed by atoms with van der Waals surface area (Å²) in [4.78, 5) is 0. The summed E-state index contributed by atoms with van der Waals surface area (Å²) < 4.78 is 13.6. The summed E-state index contributed by atoms with van der Waals surface area (Å²) in [6.45, 7) is 5.74. The van der Waals surface area contributed by atoms with E-state index >= 15 is 0 Å². The maximum absolute atomic E-state index is 13.6. The summed E-state index contributed by atoms with van der Waals surface area (Å²) >= 11 is 5.76. The van der Waals surface area contributed by atoms with Gasteiger partial charge in [-0.05, 0) is 74.2 Å². The summed E-state index contributed by atoms with van der Waals surface area (Å²) in [5.41, 5.74) is 1.47. The van der Waals surface area contributed by atoms with Gasteiger partial charge in [-0.2, -0.15) is 0 Å². The van der Waals surface area contributed by atoms with E-state index < -0.39 is 0 Å². The minimum absolute atomic E-state index is 0.212. The molecule has 1 aliphatic carbocycles. The first-order chi connectivity index (χ1) is 9.41. The molecule has 0 bridgehead atoms. The average Bonchev–Trinajstić information content (AvgIpc) is 2.37. The Kier molecular flexibility index (Phi) is 5.09. The third-order valence-corrected chi connectivity index (χ3v) is 4.93. The number of benzene rings is 1. The fourth-order valence-corrected chi connectivity index (χ4v) is 3.65. The maximum Gasteiger partial charge on any atom is 0.142 e. The van der Waals surface area contributed by atoms with Gasteiger partial charge in [0.25, 0.3) is 0 Å². The second kappa shape index (κ2) is 6.44. The second-order valence-corrected chi connectivity index (χ2v) is 7.34. The highest BCUT2D eigenvalue weighted by molar-refractivity contribution is 6.30. The fourth-order valence-electron chi connectivity index (χ4n) is 3.53. The van der Waals surface area contributed by atoms with Crippen LogP contribution in [0.4, 0.5) is 4.39 Å². The van der Waals surface area contributed by atoms with Gasteiger partial charge in [-0.25, -0.2) is 4.39 Å². The molecule has 0 amide bonds. The first kappa shape index (κ1) is 15.8. The monoisotopic (exact) mass is 297 g/mol. The normalized spacial score (nSPS) is 25.6. The summed E-state index contributed by atoms with van der Waals surface area (Å²) in [6, 6.07) is 5.23. The van der Waals surface area contributed by atoms with Gasteiger partial charge in [-0.3, -0.25) is 0 Å². The molecule has 2 unspecified atom stereocenters. The molecule has 1 saturated carbocycles. The third kappa shape index (κ3) is 3.95. The first-order valence-electron chi connectivity index (χ1n) is 7.50. The van der Waals surface area contributed by atoms with Gasteiger partial charge < -0.3 is 5.32 Å². The Morgan fingerprint density at radius 2 is 2.10 bits per heavy atom. The van der Waals surface area contributed by atoms with Crippen molar-refractivity contribution < 1.29 is 4.39 Å². The summed E-state index contributed by atoms with van der Waals surface area (Å²) in [5, 5.41) is 3.52. The van der Waals surface area contributed by atoms with Gasteiger partial charge in [0.05, 0.1) is 5.02 Å². The van der Waals surface area contributed by atoms with Gasteiger partial charge in [0, 0.05) is 0 Å². The van der Waals surface area contributed by atoms with Crippen molar-refractivity contribution in [3.05, 3.63) is 34.6 Å². The molecule has 0 saturated heterocycles. The molecule has 0 spiro atoms. The average molecular weight is 298 g/mol. The topological polar surface area (TPSA) is 12.0 Å². The smallest absolute Gasteiger partial charge is 0.142 e. The SMILES string of the molecule is CNCC1CCC(C)(C)CC1Cc1ccc(Cl)c(F)c1. The summed E-state index contributed by atoms with van der Waals surface area (Å²) in [7, 11) is 2.01. The maximum atomic E-state index is 13.6. The molecule has 1 aliphatic rings. The van der Waals surface area contributed by atoms with Crippen LogP contribution in [0.1, 0.15) is 38.7 Å². The van der Waals surface area contributed by atoms with E-state index in [-0.39, 0.29) is 10.8 Å². The van der Waals surface area contributed by atoms with Crippen molar-refractivity contribution in [1.82, 2.24) is 5.32 Å². The minimum atomic E-state index is -0.301. The van der Waals surface area contributed by atoms with Crippen molar-refractivity contribution in [2.75, 3.05) is 13.6 Å². The van der Waals surface area contributed by atoms with Crippen LogP contribution in [0.15, 0.2) is 18.2 Å². The van der Waals surface area contributed by atoms with Crippen molar-refractivity contribution in [1.29, 1.82) is 0 Å². The quantitative estimate of drug-likeness (QED) is 0.850. The molecule has 1 aromatic carbocycles. The van der Waals surface area contributed by atoms with Crippen LogP contribution < -0.4 is 5.32 Å². The molecule has 0 heterocycles. The molecule has 3 heteroatoms. The van der Waals surface area contributed by atoms with Crippen LogP contribution in [-0.4, -0.2) is 13.6 Å². The van der Waals surface area contributed by atoms with E-state index in [0.717, 1.165) is 18.5 Å². The molecule has 0 aromatic heterocycles. The van der Waals surface area contributed by atoms with Crippen LogP contribution in [0.25, 0.3) is 0 Å². The zero-order valence-corrected chi connectivity index (χ0v) is 13.4. The Morgan fingerprint density at radius 1 is 1.35 bits per heavy atom. The molecular formula is C17H25ClFN. The van der Waals surface area contributed by atoms with E-state index in [1.54, 1.807) is 12.1 Å². The number of nitrogens with one attached hydrogen (secondary N) is 1. The van der Waals surface area contributed by atoms with Gasteiger partial charge in [-0.1, -0.05) is 31.5 Å². The molecular weight excluding hydrogens is 273 g/mol. The van der Waals surface area contributed by atoms with E-state index in [1.165, 1.54) is 19.3 Å². The van der Waals surface area contributed by atoms with Gasteiger partial charge >= 0.3 is 0 Å². The van der Waals surface area contributed by atoms with Gasteiger partial charge in [-0.15, -0.1) is 0 Å². The van der Waals surface area contributed by atoms with Crippen LogP contribution in [0.2, 0.25) is 5.02 Å². The Balaban J connectivity index is 2.11. The molecule has 0 aliphatic heterocycles. The van der Waals surface area contributed by atoms with E-state index in [9.17, 15) is 4.39 Å². The minimum Gasteiger partial charge on any atom is -0.319 e. The van der Waals surface area contributed by atoms with E-state index in [2.05, 4.69) is 19.2 Å². The lowest BCUT2D eigenvalue weighted by Gasteiger charge is -2.41. The Morgan fingerprint density at radius 3 is 2.75 bits per heavy atom. The molecule has 1 N–H and O–H groups in total. The van der Waals surface area contributed by atoms with E-state index in [0.29, 0.717) is 17.3 Å². The fraction of sp³-hybridized carbons (Fsp3) is 0.647. The molecule has 1 nitrogen and oxygen atoms in total. The molecule has 2 atom stereocenters. The van der Waals surface area contributed by atoms with Gasteiger partial charge in [0.1, 0.15) is 5.82 Å². The standard InChI is InChI=1S/C17H25ClFN/c1-17(2)7-6-13(11-20-3)14(10-17)8-12-4-5-15(18)16(19)9-12/h4-5,9,13-14,20H,6-8,10-11H2,1-3H3. The number of hydrogen-bond acceptors (Lipinski definition) is 1. The van der Waals surface area contributed by atoms with E-state index in [4.69, 9.17) is 11.6 Å². The van der Waals surface area contributed by atoms with Gasteiger partial charge in [0.15, 0.2) is 0 Å². The summed E-state index contributed by atoms with van der Waals surface area (Å²) in [5.74, 6) is 1.00. The van der Waals surface area contributed by atoms with Crippen LogP contribution >= 0.6 is 11.6 Å². The lowest BCUT2D eigenvalue weighted by Crippen LogP contribution is -2.36. The van der Waals surface area contributed by atoms with Crippen molar-refractivity contribution in [2.45, 2.75) is 39.5 Å². The van der Waals surface area contributed by atoms with Crippen LogP contribution in [0.5, 0.6) is 0 Å². The Labute approximate surface area is 126 Å². The van der Waals surface area contributed by atoms with Crippen LogP contribution in [0, 0.1) is 23.1 Å². The van der Waals surface area contributed by atoms with Crippen molar-refractivity contribution in [3.63, 3.8) is 0 Å². The number of halogens is 2. The van der Waals surface area contributed by atoms with Crippen molar-refractivity contribution in [3.8, 4) is 0 Å². The van der Waals surface area contributed by atoms with Crippen molar-refractivity contribution in [2.24, 2.45) is 17.3 Å². The number of rotatable bonds is 4. The van der Waals surface area contributed by atoms with Gasteiger partial charge in [0.2, 0.25) is 0 Å². The van der Waals surface area contributed by atoms with E-state index in [1.807, 2.05) is 13.1 Å². The van der Waals surface area contributed by atoms with Crippen LogP contribution in [-0.2, 0) is 6.42 Å². The number of hydrogen-bond donors (Lipinski definition) is 1. The molecule has 20 heavy (non-hydrogen) atoms. The Bertz CT molecular complexity index is 458. The third-order valence-electron chi connectivity index (χ3n) is 4.62. The Hall–Kier alpha value is -0.600. The highest BCUT2D eigenvalue weighted by Crippen LogP contribution is 2.43. The molecule has 0 radical (unpaired) electrons. The molecule has 1 aromatic rings. The summed E-state index contributed by atoms with van der Waals surface area (Å²) in [6.07, 6.45) is 4.70. The zero-order valence-electron chi connectivity index (χ0n) is 12.7. The lowest BCUT2D eigenvalue weighted by atomic mass is 9.65. The predicted octanol–water partition coefficient (Wildman–Crippen LogP) is 4.68. The van der Waals surface area contributed by atoms with Crippen LogP contribution in [0.3, 0.4) is 0 Å². The van der Waals surface area contributed by atoms with Crippen molar-refractivity contribution >= 4 is 11.6 Å². The second-order valence-electron chi connectivity index (χ2n) is 6.94. The lowest BCUT2D eigenvalue weighted by molar-refractivity contribution is 0.117. The first-order valence-corrected chi connectivity index (χ1v) is 7.87.